The number of halogens is 2. The van der Waals surface area contributed by atoms with Crippen LogP contribution >= 0.6 is 24.8 Å². The lowest BCUT2D eigenvalue weighted by Gasteiger charge is -2.28. The number of aromatic amines is 1. The number of rotatable bonds is 2. The molecular weight excluding hydrogens is 437 g/mol. The number of aryl methyl sites for hydroxylation is 2. The Kier molecular flexibility index (Phi) is 6.51. The summed E-state index contributed by atoms with van der Waals surface area (Å²) in [6.07, 6.45) is 1.60. The van der Waals surface area contributed by atoms with Crippen molar-refractivity contribution in [2.45, 2.75) is 19.9 Å². The summed E-state index contributed by atoms with van der Waals surface area (Å²) in [5, 5.41) is 2.87. The smallest absolute Gasteiger partial charge is 0.272 e. The van der Waals surface area contributed by atoms with Crippen molar-refractivity contribution in [1.82, 2.24) is 24.4 Å². The standard InChI is InChI=1S/C22H25N5O2.2ClH/c1-13-6-4-5-7-16(13)20-18-12-26(11-15(18)10-25(20)3)22(29)17-9-23-27-19(28)8-14(2)24-21(17)27;;/h4-9,15,18,20,23H,10-12H2,1-3H3;2*1H/t15-,18+,20+;;/m0../s1. The number of carbonyl (C=O) groups is 1. The first-order valence-corrected chi connectivity index (χ1v) is 10.1. The van der Waals surface area contributed by atoms with Gasteiger partial charge in [0.1, 0.15) is 5.56 Å². The second-order valence-corrected chi connectivity index (χ2v) is 8.46. The number of likely N-dealkylation sites (tertiary alicyclic amines) is 2. The van der Waals surface area contributed by atoms with E-state index in [-0.39, 0.29) is 36.3 Å². The van der Waals surface area contributed by atoms with Gasteiger partial charge < -0.3 is 4.90 Å². The van der Waals surface area contributed by atoms with Crippen molar-refractivity contribution in [3.63, 3.8) is 0 Å². The molecule has 31 heavy (non-hydrogen) atoms. The van der Waals surface area contributed by atoms with Crippen LogP contribution in [0.4, 0.5) is 0 Å². The molecule has 0 radical (unpaired) electrons. The van der Waals surface area contributed by atoms with E-state index < -0.39 is 0 Å². The lowest BCUT2D eigenvalue weighted by atomic mass is 9.88. The molecule has 0 spiro atoms. The molecule has 0 unspecified atom stereocenters. The third-order valence-electron chi connectivity index (χ3n) is 6.54. The minimum atomic E-state index is -0.203. The minimum absolute atomic E-state index is 0. The van der Waals surface area contributed by atoms with Gasteiger partial charge in [-0.1, -0.05) is 24.3 Å². The van der Waals surface area contributed by atoms with Crippen LogP contribution in [0.2, 0.25) is 0 Å². The topological polar surface area (TPSA) is 73.7 Å². The maximum Gasteiger partial charge on any atom is 0.272 e. The number of carbonyl (C=O) groups excluding carboxylic acids is 1. The zero-order valence-corrected chi connectivity index (χ0v) is 19.4. The van der Waals surface area contributed by atoms with Crippen LogP contribution in [0.15, 0.2) is 41.3 Å². The quantitative estimate of drug-likeness (QED) is 0.633. The van der Waals surface area contributed by atoms with E-state index in [0.29, 0.717) is 34.8 Å². The van der Waals surface area contributed by atoms with Crippen molar-refractivity contribution < 1.29 is 4.79 Å². The van der Waals surface area contributed by atoms with Gasteiger partial charge in [-0.05, 0) is 37.9 Å². The van der Waals surface area contributed by atoms with Crippen LogP contribution < -0.4 is 5.56 Å². The van der Waals surface area contributed by atoms with Gasteiger partial charge in [-0.25, -0.2) is 9.50 Å². The summed E-state index contributed by atoms with van der Waals surface area (Å²) in [7, 11) is 2.18. The molecule has 2 saturated heterocycles. The summed E-state index contributed by atoms with van der Waals surface area (Å²) in [6, 6.07) is 10.3. The zero-order valence-electron chi connectivity index (χ0n) is 17.7. The molecule has 9 heteroatoms. The molecule has 2 aromatic heterocycles. The number of amides is 1. The number of nitrogens with zero attached hydrogens (tertiary/aromatic N) is 4. The first-order chi connectivity index (χ1) is 13.9. The summed E-state index contributed by atoms with van der Waals surface area (Å²) in [6.45, 7) is 6.37. The number of H-pyrrole nitrogens is 1. The fourth-order valence-corrected chi connectivity index (χ4v) is 5.23. The molecule has 1 amide bonds. The third-order valence-corrected chi connectivity index (χ3v) is 6.54. The van der Waals surface area contributed by atoms with E-state index in [1.165, 1.54) is 21.7 Å². The summed E-state index contributed by atoms with van der Waals surface area (Å²) in [5.74, 6) is 0.811. The molecule has 0 bridgehead atoms. The lowest BCUT2D eigenvalue weighted by Crippen LogP contribution is -2.33. The molecule has 3 atom stereocenters. The summed E-state index contributed by atoms with van der Waals surface area (Å²) < 4.78 is 1.33. The average molecular weight is 464 g/mol. The van der Waals surface area contributed by atoms with Gasteiger partial charge in [0.05, 0.1) is 0 Å². The van der Waals surface area contributed by atoms with E-state index in [9.17, 15) is 9.59 Å². The number of benzene rings is 1. The van der Waals surface area contributed by atoms with Gasteiger partial charge in [-0.3, -0.25) is 19.6 Å². The number of nitrogens with one attached hydrogen (secondary N) is 1. The summed E-state index contributed by atoms with van der Waals surface area (Å²) in [5.41, 5.74) is 3.93. The third kappa shape index (κ3) is 3.75. The Bertz CT molecular complexity index is 1170. The van der Waals surface area contributed by atoms with Crippen LogP contribution in [0, 0.1) is 25.7 Å². The van der Waals surface area contributed by atoms with Gasteiger partial charge in [0.2, 0.25) is 0 Å². The van der Waals surface area contributed by atoms with E-state index in [1.54, 1.807) is 13.1 Å². The molecule has 2 fully saturated rings. The van der Waals surface area contributed by atoms with Crippen molar-refractivity contribution in [1.29, 1.82) is 0 Å². The van der Waals surface area contributed by atoms with Gasteiger partial charge in [0, 0.05) is 49.6 Å². The Morgan fingerprint density at radius 1 is 1.13 bits per heavy atom. The van der Waals surface area contributed by atoms with Crippen LogP contribution in [0.1, 0.15) is 33.2 Å². The number of fused-ring (bicyclic) bond motifs is 2. The highest BCUT2D eigenvalue weighted by molar-refractivity contribution is 5.99. The largest absolute Gasteiger partial charge is 0.338 e. The zero-order chi connectivity index (χ0) is 20.3. The van der Waals surface area contributed by atoms with Crippen LogP contribution in [0.3, 0.4) is 0 Å². The van der Waals surface area contributed by atoms with Crippen LogP contribution in [0.25, 0.3) is 5.65 Å². The summed E-state index contributed by atoms with van der Waals surface area (Å²) >= 11 is 0. The van der Waals surface area contributed by atoms with Gasteiger partial charge in [0.25, 0.3) is 11.5 Å². The van der Waals surface area contributed by atoms with Crippen LogP contribution in [-0.2, 0) is 0 Å². The molecule has 1 aromatic carbocycles. The SMILES string of the molecule is Cc1cc(=O)n2[nH]cc(C(=O)N3C[C@@H]4CN(C)[C@H](c5ccccc5C)[C@@H]4C3)c2n1.Cl.Cl. The van der Waals surface area contributed by atoms with Crippen molar-refractivity contribution in [3.8, 4) is 0 Å². The molecule has 0 aliphatic carbocycles. The van der Waals surface area contributed by atoms with E-state index in [4.69, 9.17) is 0 Å². The van der Waals surface area contributed by atoms with Gasteiger partial charge >= 0.3 is 0 Å². The molecule has 2 aliphatic rings. The van der Waals surface area contributed by atoms with Gasteiger partial charge in [0.15, 0.2) is 5.65 Å². The average Bonchev–Trinajstić information content (AvgIpc) is 3.34. The predicted molar refractivity (Wildman–Crippen MR) is 124 cm³/mol. The molecular formula is C22H27Cl2N5O2. The van der Waals surface area contributed by atoms with Gasteiger partial charge in [-0.15, -0.1) is 24.8 Å². The Hall–Kier alpha value is -2.35. The highest BCUT2D eigenvalue weighted by Gasteiger charge is 2.47. The van der Waals surface area contributed by atoms with Crippen molar-refractivity contribution >= 4 is 36.4 Å². The molecule has 4 heterocycles. The molecule has 5 rings (SSSR count). The van der Waals surface area contributed by atoms with Crippen molar-refractivity contribution in [2.75, 3.05) is 26.7 Å². The highest BCUT2D eigenvalue weighted by Crippen LogP contribution is 2.45. The fraction of sp³-hybridized carbons (Fsp3) is 0.409. The van der Waals surface area contributed by atoms with Crippen molar-refractivity contribution in [2.24, 2.45) is 11.8 Å². The molecule has 3 aromatic rings. The number of aromatic nitrogens is 3. The Morgan fingerprint density at radius 3 is 2.61 bits per heavy atom. The Labute approximate surface area is 193 Å². The second kappa shape index (κ2) is 8.65. The maximum atomic E-state index is 13.3. The van der Waals surface area contributed by atoms with Crippen LogP contribution in [0.5, 0.6) is 0 Å². The van der Waals surface area contributed by atoms with Crippen molar-refractivity contribution in [3.05, 3.63) is 69.3 Å². The molecule has 2 aliphatic heterocycles. The maximum absolute atomic E-state index is 13.3. The Morgan fingerprint density at radius 2 is 1.87 bits per heavy atom. The second-order valence-electron chi connectivity index (χ2n) is 8.46. The van der Waals surface area contributed by atoms with E-state index in [0.717, 1.165) is 19.6 Å². The Balaban J connectivity index is 0.00000136. The van der Waals surface area contributed by atoms with E-state index >= 15 is 0 Å². The number of hydrogen-bond donors (Lipinski definition) is 1. The molecule has 166 valence electrons. The lowest BCUT2D eigenvalue weighted by molar-refractivity contribution is 0.0769. The fourth-order valence-electron chi connectivity index (χ4n) is 5.23. The highest BCUT2D eigenvalue weighted by atomic mass is 35.5. The van der Waals surface area contributed by atoms with E-state index in [1.807, 2.05) is 4.90 Å². The van der Waals surface area contributed by atoms with Crippen LogP contribution in [-0.4, -0.2) is 57.0 Å². The number of hydrogen-bond acceptors (Lipinski definition) is 4. The van der Waals surface area contributed by atoms with Gasteiger partial charge in [-0.2, -0.15) is 0 Å². The molecule has 0 saturated carbocycles. The van der Waals surface area contributed by atoms with E-state index in [2.05, 4.69) is 53.2 Å². The molecule has 7 nitrogen and oxygen atoms in total. The predicted octanol–water partition coefficient (Wildman–Crippen LogP) is 2.86. The minimum Gasteiger partial charge on any atom is -0.338 e. The first kappa shape index (κ1) is 23.3. The molecule has 1 N–H and O–H groups in total. The normalized spacial score (nSPS) is 22.8. The summed E-state index contributed by atoms with van der Waals surface area (Å²) in [4.78, 5) is 34.2. The first-order valence-electron chi connectivity index (χ1n) is 10.1. The monoisotopic (exact) mass is 463 g/mol.